The summed E-state index contributed by atoms with van der Waals surface area (Å²) < 4.78 is 8.82. The zero-order valence-electron chi connectivity index (χ0n) is 12.6. The summed E-state index contributed by atoms with van der Waals surface area (Å²) in [4.78, 5) is 4.27. The van der Waals surface area contributed by atoms with Crippen molar-refractivity contribution in [2.24, 2.45) is 0 Å². The lowest BCUT2D eigenvalue weighted by Gasteiger charge is -2.14. The molecule has 2 rings (SSSR count). The number of rotatable bonds is 7. The molecule has 5 nitrogen and oxygen atoms in total. The maximum atomic E-state index is 5.99. The van der Waals surface area contributed by atoms with Crippen molar-refractivity contribution in [1.82, 2.24) is 20.1 Å². The minimum Gasteiger partial charge on any atom is -0.484 e. The van der Waals surface area contributed by atoms with Crippen LogP contribution in [0.5, 0.6) is 5.75 Å². The summed E-state index contributed by atoms with van der Waals surface area (Å²) in [6.07, 6.45) is 1.57. The molecule has 0 unspecified atom stereocenters. The predicted octanol–water partition coefficient (Wildman–Crippen LogP) is 3.31. The molecule has 1 N–H and O–H groups in total. The van der Waals surface area contributed by atoms with E-state index in [0.717, 1.165) is 34.7 Å². The second kappa shape index (κ2) is 7.56. The van der Waals surface area contributed by atoms with E-state index in [4.69, 9.17) is 4.74 Å². The van der Waals surface area contributed by atoms with E-state index in [9.17, 15) is 0 Å². The van der Waals surface area contributed by atoms with Crippen molar-refractivity contribution in [2.45, 2.75) is 40.0 Å². The van der Waals surface area contributed by atoms with Gasteiger partial charge in [0.05, 0.1) is 4.47 Å². The Balaban J connectivity index is 2.13. The first kappa shape index (κ1) is 16.0. The number of halogens is 1. The SMILES string of the molecule is CCNCc1cccc(Br)c1OCc1ncnn1C(C)C. The molecule has 0 fully saturated rings. The monoisotopic (exact) mass is 352 g/mol. The molecule has 1 aromatic carbocycles. The summed E-state index contributed by atoms with van der Waals surface area (Å²) in [5.41, 5.74) is 1.13. The third kappa shape index (κ3) is 4.04. The molecule has 0 atom stereocenters. The molecule has 0 spiro atoms. The minimum absolute atomic E-state index is 0.270. The number of ether oxygens (including phenoxy) is 1. The van der Waals surface area contributed by atoms with Gasteiger partial charge >= 0.3 is 0 Å². The first-order chi connectivity index (χ1) is 10.1. The Morgan fingerprint density at radius 3 is 2.90 bits per heavy atom. The minimum atomic E-state index is 0.270. The third-order valence-electron chi connectivity index (χ3n) is 3.10. The highest BCUT2D eigenvalue weighted by Crippen LogP contribution is 2.29. The van der Waals surface area contributed by atoms with Crippen LogP contribution >= 0.6 is 15.9 Å². The topological polar surface area (TPSA) is 52.0 Å². The molecule has 1 aromatic heterocycles. The molecule has 0 amide bonds. The van der Waals surface area contributed by atoms with E-state index in [2.05, 4.69) is 58.2 Å². The second-order valence-corrected chi connectivity index (χ2v) is 5.87. The first-order valence-corrected chi connectivity index (χ1v) is 7.92. The molecular weight excluding hydrogens is 332 g/mol. The first-order valence-electron chi connectivity index (χ1n) is 7.12. The van der Waals surface area contributed by atoms with Crippen molar-refractivity contribution in [2.75, 3.05) is 6.54 Å². The molecule has 6 heteroatoms. The molecule has 21 heavy (non-hydrogen) atoms. The Morgan fingerprint density at radius 1 is 1.38 bits per heavy atom. The number of nitrogens with zero attached hydrogens (tertiary/aromatic N) is 3. The Hall–Kier alpha value is -1.40. The molecule has 114 valence electrons. The Morgan fingerprint density at radius 2 is 2.19 bits per heavy atom. The van der Waals surface area contributed by atoms with Crippen molar-refractivity contribution in [3.8, 4) is 5.75 Å². The molecule has 0 aliphatic heterocycles. The smallest absolute Gasteiger partial charge is 0.165 e. The Kier molecular flexibility index (Phi) is 5.76. The van der Waals surface area contributed by atoms with Crippen LogP contribution in [-0.4, -0.2) is 21.3 Å². The van der Waals surface area contributed by atoms with Crippen LogP contribution in [0.1, 0.15) is 38.2 Å². The standard InChI is InChI=1S/C15H21BrN4O/c1-4-17-8-12-6-5-7-13(16)15(12)21-9-14-18-10-19-20(14)11(2)3/h5-7,10-11,17H,4,8-9H2,1-3H3. The lowest BCUT2D eigenvalue weighted by Crippen LogP contribution is -2.14. The van der Waals surface area contributed by atoms with Crippen LogP contribution in [0, 0.1) is 0 Å². The average molecular weight is 353 g/mol. The van der Waals surface area contributed by atoms with Gasteiger partial charge in [-0.2, -0.15) is 5.10 Å². The van der Waals surface area contributed by atoms with Crippen LogP contribution in [0.4, 0.5) is 0 Å². The molecule has 0 bridgehead atoms. The quantitative estimate of drug-likeness (QED) is 0.830. The third-order valence-corrected chi connectivity index (χ3v) is 3.72. The second-order valence-electron chi connectivity index (χ2n) is 5.01. The van der Waals surface area contributed by atoms with E-state index in [1.54, 1.807) is 6.33 Å². The summed E-state index contributed by atoms with van der Waals surface area (Å²) in [5.74, 6) is 1.69. The van der Waals surface area contributed by atoms with Crippen molar-refractivity contribution in [1.29, 1.82) is 0 Å². The highest BCUT2D eigenvalue weighted by molar-refractivity contribution is 9.10. The fraction of sp³-hybridized carbons (Fsp3) is 0.467. The fourth-order valence-electron chi connectivity index (χ4n) is 2.06. The predicted molar refractivity (Wildman–Crippen MR) is 86.3 cm³/mol. The van der Waals surface area contributed by atoms with Crippen LogP contribution in [0.15, 0.2) is 29.0 Å². The molecule has 0 radical (unpaired) electrons. The lowest BCUT2D eigenvalue weighted by atomic mass is 10.2. The average Bonchev–Trinajstić information content (AvgIpc) is 2.92. The highest BCUT2D eigenvalue weighted by atomic mass is 79.9. The van der Waals surface area contributed by atoms with Crippen LogP contribution < -0.4 is 10.1 Å². The van der Waals surface area contributed by atoms with Gasteiger partial charge in [0.25, 0.3) is 0 Å². The van der Waals surface area contributed by atoms with E-state index in [1.807, 2.05) is 16.8 Å². The molecule has 0 saturated carbocycles. The Bertz CT molecular complexity index is 583. The number of nitrogens with one attached hydrogen (secondary N) is 1. The van der Waals surface area contributed by atoms with Gasteiger partial charge in [-0.15, -0.1) is 0 Å². The number of hydrogen-bond acceptors (Lipinski definition) is 4. The normalized spacial score (nSPS) is 11.1. The molecule has 0 saturated heterocycles. The molecular formula is C15H21BrN4O. The van der Waals surface area contributed by atoms with Gasteiger partial charge < -0.3 is 10.1 Å². The van der Waals surface area contributed by atoms with E-state index in [1.165, 1.54) is 0 Å². The summed E-state index contributed by atoms with van der Waals surface area (Å²) >= 11 is 3.56. The van der Waals surface area contributed by atoms with Gasteiger partial charge in [0.15, 0.2) is 5.82 Å². The van der Waals surface area contributed by atoms with Crippen molar-refractivity contribution in [3.63, 3.8) is 0 Å². The summed E-state index contributed by atoms with van der Waals surface area (Å²) in [6, 6.07) is 6.33. The maximum Gasteiger partial charge on any atom is 0.165 e. The maximum absolute atomic E-state index is 5.99. The lowest BCUT2D eigenvalue weighted by molar-refractivity contribution is 0.277. The van der Waals surface area contributed by atoms with Gasteiger partial charge in [-0.1, -0.05) is 19.1 Å². The fourth-order valence-corrected chi connectivity index (χ4v) is 2.58. The molecule has 2 aromatic rings. The van der Waals surface area contributed by atoms with Gasteiger partial charge in [0, 0.05) is 18.2 Å². The Labute approximate surface area is 133 Å². The zero-order chi connectivity index (χ0) is 15.2. The van der Waals surface area contributed by atoms with Crippen molar-refractivity contribution in [3.05, 3.63) is 40.4 Å². The molecule has 0 aliphatic carbocycles. The number of benzene rings is 1. The summed E-state index contributed by atoms with van der Waals surface area (Å²) in [7, 11) is 0. The van der Waals surface area contributed by atoms with Crippen molar-refractivity contribution >= 4 is 15.9 Å². The van der Waals surface area contributed by atoms with Gasteiger partial charge in [0.2, 0.25) is 0 Å². The van der Waals surface area contributed by atoms with E-state index in [0.29, 0.717) is 6.61 Å². The van der Waals surface area contributed by atoms with Crippen LogP contribution in [0.3, 0.4) is 0 Å². The van der Waals surface area contributed by atoms with Crippen molar-refractivity contribution < 1.29 is 4.74 Å². The number of hydrogen-bond donors (Lipinski definition) is 1. The van der Waals surface area contributed by atoms with E-state index >= 15 is 0 Å². The van der Waals surface area contributed by atoms with E-state index in [-0.39, 0.29) is 6.04 Å². The van der Waals surface area contributed by atoms with Gasteiger partial charge in [-0.05, 0) is 42.4 Å². The van der Waals surface area contributed by atoms with Gasteiger partial charge in [0.1, 0.15) is 18.7 Å². The largest absolute Gasteiger partial charge is 0.484 e. The number of para-hydroxylation sites is 1. The highest BCUT2D eigenvalue weighted by Gasteiger charge is 2.12. The van der Waals surface area contributed by atoms with Crippen LogP contribution in [0.25, 0.3) is 0 Å². The molecule has 1 heterocycles. The number of aromatic nitrogens is 3. The van der Waals surface area contributed by atoms with E-state index < -0.39 is 0 Å². The van der Waals surface area contributed by atoms with Crippen LogP contribution in [-0.2, 0) is 13.2 Å². The molecule has 0 aliphatic rings. The summed E-state index contributed by atoms with van der Waals surface area (Å²) in [5, 5.41) is 7.54. The van der Waals surface area contributed by atoms with Gasteiger partial charge in [-0.25, -0.2) is 9.67 Å². The zero-order valence-corrected chi connectivity index (χ0v) is 14.2. The van der Waals surface area contributed by atoms with Crippen LogP contribution in [0.2, 0.25) is 0 Å². The summed E-state index contributed by atoms with van der Waals surface area (Å²) in [6.45, 7) is 8.35. The van der Waals surface area contributed by atoms with Gasteiger partial charge in [-0.3, -0.25) is 0 Å².